The normalized spacial score (nSPS) is 11.5. The Balaban J connectivity index is 1.52. The van der Waals surface area contributed by atoms with Crippen LogP contribution in [0.4, 0.5) is 0 Å². The molecule has 3 heterocycles. The van der Waals surface area contributed by atoms with Crippen LogP contribution in [0.15, 0.2) is 71.5 Å². The van der Waals surface area contributed by atoms with Crippen molar-refractivity contribution in [3.8, 4) is 11.5 Å². The highest BCUT2D eigenvalue weighted by Gasteiger charge is 2.23. The fourth-order valence-corrected chi connectivity index (χ4v) is 3.70. The Bertz CT molecular complexity index is 1590. The van der Waals surface area contributed by atoms with Crippen molar-refractivity contribution in [2.24, 2.45) is 0 Å². The monoisotopic (exact) mass is 481 g/mol. The minimum atomic E-state index is -0.680. The molecule has 0 fully saturated rings. The minimum Gasteiger partial charge on any atom is -0.456 e. The summed E-state index contributed by atoms with van der Waals surface area (Å²) < 4.78 is 11.3. The SMILES string of the molecule is CC(C)(C)OC(=O)c1cc(-c2nc(C(=O)NCc3cccnn3)co2)cc2nc3ccccc3cc12. The van der Waals surface area contributed by atoms with Gasteiger partial charge in [0.15, 0.2) is 5.69 Å². The first-order chi connectivity index (χ1) is 17.3. The summed E-state index contributed by atoms with van der Waals surface area (Å²) in [5.41, 5.74) is 2.24. The van der Waals surface area contributed by atoms with E-state index in [0.29, 0.717) is 27.7 Å². The van der Waals surface area contributed by atoms with Crippen LogP contribution in [0.2, 0.25) is 0 Å². The van der Waals surface area contributed by atoms with Gasteiger partial charge in [-0.25, -0.2) is 14.8 Å². The molecule has 9 heteroatoms. The second kappa shape index (κ2) is 9.18. The van der Waals surface area contributed by atoms with Gasteiger partial charge in [0.2, 0.25) is 5.89 Å². The zero-order chi connectivity index (χ0) is 25.3. The average Bonchev–Trinajstić information content (AvgIpc) is 3.35. The number of aromatic nitrogens is 4. The lowest BCUT2D eigenvalue weighted by atomic mass is 10.0. The molecule has 0 bridgehead atoms. The number of rotatable bonds is 5. The van der Waals surface area contributed by atoms with Crippen molar-refractivity contribution in [1.82, 2.24) is 25.5 Å². The van der Waals surface area contributed by atoms with Gasteiger partial charge in [0.1, 0.15) is 11.9 Å². The molecule has 2 aromatic carbocycles. The number of para-hydroxylation sites is 1. The standard InChI is InChI=1S/C27H23N5O4/c1-27(2,3)36-26(34)20-12-17(13-22-19(20)11-16-7-4-5-9-21(16)30-22)25-31-23(15-35-25)24(33)28-14-18-8-6-10-29-32-18/h4-13,15H,14H2,1-3H3,(H,28,33). The van der Waals surface area contributed by atoms with Gasteiger partial charge in [-0.1, -0.05) is 18.2 Å². The molecule has 180 valence electrons. The van der Waals surface area contributed by atoms with E-state index in [4.69, 9.17) is 14.1 Å². The number of hydrogen-bond acceptors (Lipinski definition) is 8. The van der Waals surface area contributed by atoms with E-state index in [1.807, 2.05) is 51.1 Å². The van der Waals surface area contributed by atoms with Crippen molar-refractivity contribution in [3.05, 3.63) is 84.0 Å². The Labute approximate surface area is 206 Å². The van der Waals surface area contributed by atoms with Crippen LogP contribution in [0, 0.1) is 0 Å². The molecule has 0 atom stereocenters. The third-order valence-electron chi connectivity index (χ3n) is 5.30. The second-order valence-electron chi connectivity index (χ2n) is 9.21. The van der Waals surface area contributed by atoms with Crippen molar-refractivity contribution in [2.75, 3.05) is 0 Å². The van der Waals surface area contributed by atoms with Crippen molar-refractivity contribution < 1.29 is 18.7 Å². The molecule has 0 radical (unpaired) electrons. The van der Waals surface area contributed by atoms with E-state index in [1.165, 1.54) is 6.26 Å². The number of ether oxygens (including phenoxy) is 1. The number of esters is 1. The highest BCUT2D eigenvalue weighted by molar-refractivity contribution is 6.08. The zero-order valence-corrected chi connectivity index (χ0v) is 20.0. The van der Waals surface area contributed by atoms with Crippen molar-refractivity contribution >= 4 is 33.7 Å². The lowest BCUT2D eigenvalue weighted by Crippen LogP contribution is -2.24. The summed E-state index contributed by atoms with van der Waals surface area (Å²) in [6.07, 6.45) is 2.83. The number of carbonyl (C=O) groups is 2. The number of nitrogens with zero attached hydrogens (tertiary/aromatic N) is 4. The van der Waals surface area contributed by atoms with Crippen LogP contribution in [-0.2, 0) is 11.3 Å². The number of hydrogen-bond donors (Lipinski definition) is 1. The summed E-state index contributed by atoms with van der Waals surface area (Å²) >= 11 is 0. The molecule has 1 amide bonds. The molecule has 1 N–H and O–H groups in total. The predicted octanol–water partition coefficient (Wildman–Crippen LogP) is 4.72. The first kappa shape index (κ1) is 23.1. The van der Waals surface area contributed by atoms with E-state index in [2.05, 4.69) is 20.5 Å². The molecular formula is C27H23N5O4. The van der Waals surface area contributed by atoms with Gasteiger partial charge in [-0.2, -0.15) is 10.2 Å². The van der Waals surface area contributed by atoms with Gasteiger partial charge in [-0.3, -0.25) is 4.79 Å². The van der Waals surface area contributed by atoms with Gasteiger partial charge in [-0.05, 0) is 57.2 Å². The quantitative estimate of drug-likeness (QED) is 0.283. The summed E-state index contributed by atoms with van der Waals surface area (Å²) in [5.74, 6) is -0.728. The molecule has 0 aliphatic carbocycles. The molecule has 9 nitrogen and oxygen atoms in total. The van der Waals surface area contributed by atoms with Crippen LogP contribution in [0.25, 0.3) is 33.3 Å². The van der Waals surface area contributed by atoms with Gasteiger partial charge < -0.3 is 14.5 Å². The highest BCUT2D eigenvalue weighted by atomic mass is 16.6. The van der Waals surface area contributed by atoms with E-state index in [1.54, 1.807) is 30.5 Å². The van der Waals surface area contributed by atoms with E-state index in [-0.39, 0.29) is 18.1 Å². The molecule has 5 aromatic rings. The fourth-order valence-electron chi connectivity index (χ4n) is 3.70. The second-order valence-corrected chi connectivity index (χ2v) is 9.21. The molecular weight excluding hydrogens is 458 g/mol. The van der Waals surface area contributed by atoms with Crippen LogP contribution >= 0.6 is 0 Å². The van der Waals surface area contributed by atoms with Crippen molar-refractivity contribution in [2.45, 2.75) is 32.9 Å². The molecule has 3 aromatic heterocycles. The number of carbonyl (C=O) groups excluding carboxylic acids is 2. The van der Waals surface area contributed by atoms with Crippen LogP contribution < -0.4 is 5.32 Å². The maximum Gasteiger partial charge on any atom is 0.339 e. The Morgan fingerprint density at radius 3 is 2.61 bits per heavy atom. The Kier molecular flexibility index (Phi) is 5.89. The predicted molar refractivity (Wildman–Crippen MR) is 133 cm³/mol. The molecule has 0 spiro atoms. The van der Waals surface area contributed by atoms with E-state index >= 15 is 0 Å². The molecule has 0 aliphatic rings. The van der Waals surface area contributed by atoms with Gasteiger partial charge in [0.05, 0.1) is 28.8 Å². The summed E-state index contributed by atoms with van der Waals surface area (Å²) in [6, 6.07) is 16.5. The number of benzene rings is 2. The molecule has 0 aliphatic heterocycles. The Morgan fingerprint density at radius 2 is 1.83 bits per heavy atom. The maximum absolute atomic E-state index is 13.2. The van der Waals surface area contributed by atoms with E-state index in [0.717, 1.165) is 10.9 Å². The van der Waals surface area contributed by atoms with Crippen LogP contribution in [-0.4, -0.2) is 37.6 Å². The Hall–Kier alpha value is -4.66. The summed E-state index contributed by atoms with van der Waals surface area (Å²) in [7, 11) is 0. The maximum atomic E-state index is 13.2. The number of nitrogens with one attached hydrogen (secondary N) is 1. The van der Waals surface area contributed by atoms with Gasteiger partial charge in [-0.15, -0.1) is 0 Å². The smallest absolute Gasteiger partial charge is 0.339 e. The largest absolute Gasteiger partial charge is 0.456 e. The zero-order valence-electron chi connectivity index (χ0n) is 20.0. The first-order valence-electron chi connectivity index (χ1n) is 11.3. The van der Waals surface area contributed by atoms with Crippen molar-refractivity contribution in [1.29, 1.82) is 0 Å². The molecule has 0 saturated carbocycles. The molecule has 36 heavy (non-hydrogen) atoms. The topological polar surface area (TPSA) is 120 Å². The highest BCUT2D eigenvalue weighted by Crippen LogP contribution is 2.30. The van der Waals surface area contributed by atoms with Gasteiger partial charge >= 0.3 is 5.97 Å². The van der Waals surface area contributed by atoms with Gasteiger partial charge in [0.25, 0.3) is 5.91 Å². The first-order valence-corrected chi connectivity index (χ1v) is 11.3. The lowest BCUT2D eigenvalue weighted by Gasteiger charge is -2.20. The minimum absolute atomic E-state index is 0.0966. The summed E-state index contributed by atoms with van der Waals surface area (Å²) in [5, 5.41) is 12.0. The molecule has 5 rings (SSSR count). The van der Waals surface area contributed by atoms with Crippen LogP contribution in [0.3, 0.4) is 0 Å². The van der Waals surface area contributed by atoms with Crippen LogP contribution in [0.5, 0.6) is 0 Å². The Morgan fingerprint density at radius 1 is 1.00 bits per heavy atom. The number of pyridine rings is 1. The average molecular weight is 482 g/mol. The molecule has 0 saturated heterocycles. The number of oxazole rings is 1. The fraction of sp³-hybridized carbons (Fsp3) is 0.185. The van der Waals surface area contributed by atoms with Gasteiger partial charge in [0, 0.05) is 22.5 Å². The third-order valence-corrected chi connectivity index (χ3v) is 5.30. The third kappa shape index (κ3) is 4.90. The van der Waals surface area contributed by atoms with Crippen molar-refractivity contribution in [3.63, 3.8) is 0 Å². The number of amides is 1. The van der Waals surface area contributed by atoms with E-state index < -0.39 is 17.5 Å². The molecule has 0 unspecified atom stereocenters. The van der Waals surface area contributed by atoms with E-state index in [9.17, 15) is 9.59 Å². The lowest BCUT2D eigenvalue weighted by molar-refractivity contribution is 0.00717. The summed E-state index contributed by atoms with van der Waals surface area (Å²) in [6.45, 7) is 5.63. The summed E-state index contributed by atoms with van der Waals surface area (Å²) in [4.78, 5) is 34.8. The number of fused-ring (bicyclic) bond motifs is 2. The van der Waals surface area contributed by atoms with Crippen LogP contribution in [0.1, 0.15) is 47.3 Å².